The molecule has 0 spiro atoms. The first kappa shape index (κ1) is 17.1. The van der Waals surface area contributed by atoms with Gasteiger partial charge in [0.1, 0.15) is 0 Å². The zero-order chi connectivity index (χ0) is 15.8. The highest BCUT2D eigenvalue weighted by molar-refractivity contribution is 7.98. The van der Waals surface area contributed by atoms with E-state index in [1.54, 1.807) is 0 Å². The Bertz CT molecular complexity index is 597. The molecule has 0 aliphatic rings. The predicted molar refractivity (Wildman–Crippen MR) is 103 cm³/mol. The number of thioether (sulfide) groups is 1. The first-order valence-corrected chi connectivity index (χ1v) is 9.01. The van der Waals surface area contributed by atoms with Crippen LogP contribution in [0, 0.1) is 6.92 Å². The van der Waals surface area contributed by atoms with Crippen molar-refractivity contribution < 1.29 is 0 Å². The number of anilines is 1. The molecule has 0 saturated carbocycles. The number of nitrogens with one attached hydrogen (secondary N) is 2. The lowest BCUT2D eigenvalue weighted by Crippen LogP contribution is -2.30. The topological polar surface area (TPSA) is 24.1 Å². The van der Waals surface area contributed by atoms with Crippen LogP contribution in [-0.4, -0.2) is 17.4 Å². The number of aryl methyl sites for hydroxylation is 1. The van der Waals surface area contributed by atoms with Crippen molar-refractivity contribution in [3.63, 3.8) is 0 Å². The molecule has 0 aromatic heterocycles. The molecule has 0 saturated heterocycles. The molecule has 0 radical (unpaired) electrons. The molecule has 0 fully saturated rings. The Hall–Kier alpha value is -1.23. The van der Waals surface area contributed by atoms with Crippen LogP contribution in [0.3, 0.4) is 0 Å². The third-order valence-electron chi connectivity index (χ3n) is 3.02. The standard InChI is InChI=1S/C17H19ClN2S2/c1-13-2-8-16(9-3-13)20-17(21)19-10-11-22-12-14-4-6-15(18)7-5-14/h2-9H,10-12H2,1H3,(H2,19,20,21). The van der Waals surface area contributed by atoms with Crippen molar-refractivity contribution in [2.24, 2.45) is 0 Å². The molecule has 2 rings (SSSR count). The number of rotatable bonds is 6. The summed E-state index contributed by atoms with van der Waals surface area (Å²) >= 11 is 13.0. The van der Waals surface area contributed by atoms with Crippen LogP contribution in [0.5, 0.6) is 0 Å². The Kier molecular flexibility index (Phi) is 7.03. The number of halogens is 1. The van der Waals surface area contributed by atoms with E-state index in [9.17, 15) is 0 Å². The van der Waals surface area contributed by atoms with Crippen molar-refractivity contribution in [2.75, 3.05) is 17.6 Å². The van der Waals surface area contributed by atoms with Crippen molar-refractivity contribution >= 4 is 46.4 Å². The average Bonchev–Trinajstić information content (AvgIpc) is 2.51. The molecule has 5 heteroatoms. The summed E-state index contributed by atoms with van der Waals surface area (Å²) in [5.41, 5.74) is 3.54. The van der Waals surface area contributed by atoms with Crippen molar-refractivity contribution in [2.45, 2.75) is 12.7 Å². The molecule has 0 amide bonds. The molecule has 0 bridgehead atoms. The summed E-state index contributed by atoms with van der Waals surface area (Å²) in [6, 6.07) is 16.2. The van der Waals surface area contributed by atoms with Gasteiger partial charge in [-0.3, -0.25) is 0 Å². The summed E-state index contributed by atoms with van der Waals surface area (Å²) < 4.78 is 0. The zero-order valence-electron chi connectivity index (χ0n) is 12.4. The van der Waals surface area contributed by atoms with E-state index in [1.807, 2.05) is 36.0 Å². The van der Waals surface area contributed by atoms with E-state index in [4.69, 9.17) is 23.8 Å². The van der Waals surface area contributed by atoms with Crippen molar-refractivity contribution in [1.29, 1.82) is 0 Å². The Morgan fingerprint density at radius 2 is 1.77 bits per heavy atom. The van der Waals surface area contributed by atoms with Crippen LogP contribution in [0.25, 0.3) is 0 Å². The lowest BCUT2D eigenvalue weighted by atomic mass is 10.2. The first-order chi connectivity index (χ1) is 10.6. The zero-order valence-corrected chi connectivity index (χ0v) is 14.8. The van der Waals surface area contributed by atoms with Gasteiger partial charge in [-0.1, -0.05) is 41.4 Å². The molecular weight excluding hydrogens is 332 g/mol. The summed E-state index contributed by atoms with van der Waals surface area (Å²) in [6.07, 6.45) is 0. The van der Waals surface area contributed by atoms with Crippen LogP contribution in [0.1, 0.15) is 11.1 Å². The maximum Gasteiger partial charge on any atom is 0.170 e. The third-order valence-corrected chi connectivity index (χ3v) is 4.55. The van der Waals surface area contributed by atoms with Crippen LogP contribution in [-0.2, 0) is 5.75 Å². The molecular formula is C17H19ClN2S2. The van der Waals surface area contributed by atoms with Gasteiger partial charge in [-0.15, -0.1) is 0 Å². The molecule has 0 aliphatic heterocycles. The average molecular weight is 351 g/mol. The van der Waals surface area contributed by atoms with E-state index in [1.165, 1.54) is 11.1 Å². The maximum absolute atomic E-state index is 5.87. The number of thiocarbonyl (C=S) groups is 1. The Labute approximate surface area is 146 Å². The van der Waals surface area contributed by atoms with E-state index in [0.717, 1.165) is 28.8 Å². The van der Waals surface area contributed by atoms with Crippen LogP contribution in [0.2, 0.25) is 5.02 Å². The van der Waals surface area contributed by atoms with Crippen molar-refractivity contribution in [1.82, 2.24) is 5.32 Å². The van der Waals surface area contributed by atoms with Gasteiger partial charge in [-0.2, -0.15) is 11.8 Å². The van der Waals surface area contributed by atoms with E-state index >= 15 is 0 Å². The molecule has 2 N–H and O–H groups in total. The molecule has 116 valence electrons. The summed E-state index contributed by atoms with van der Waals surface area (Å²) in [6.45, 7) is 2.91. The van der Waals surface area contributed by atoms with Gasteiger partial charge in [0.05, 0.1) is 0 Å². The van der Waals surface area contributed by atoms with Gasteiger partial charge in [-0.25, -0.2) is 0 Å². The van der Waals surface area contributed by atoms with Crippen LogP contribution in [0.15, 0.2) is 48.5 Å². The maximum atomic E-state index is 5.87. The van der Waals surface area contributed by atoms with Gasteiger partial charge < -0.3 is 10.6 Å². The monoisotopic (exact) mass is 350 g/mol. The molecule has 0 aliphatic carbocycles. The summed E-state index contributed by atoms with van der Waals surface area (Å²) in [7, 11) is 0. The second-order valence-corrected chi connectivity index (χ2v) is 6.88. The quantitative estimate of drug-likeness (QED) is 0.573. The summed E-state index contributed by atoms with van der Waals surface area (Å²) in [4.78, 5) is 0. The third kappa shape index (κ3) is 6.26. The van der Waals surface area contributed by atoms with E-state index in [-0.39, 0.29) is 0 Å². The fourth-order valence-electron chi connectivity index (χ4n) is 1.82. The normalized spacial score (nSPS) is 10.3. The lowest BCUT2D eigenvalue weighted by molar-refractivity contribution is 0.990. The molecule has 0 unspecified atom stereocenters. The van der Waals surface area contributed by atoms with Gasteiger partial charge in [0.15, 0.2) is 5.11 Å². The van der Waals surface area contributed by atoms with Crippen LogP contribution < -0.4 is 10.6 Å². The minimum Gasteiger partial charge on any atom is -0.362 e. The van der Waals surface area contributed by atoms with Gasteiger partial charge >= 0.3 is 0 Å². The van der Waals surface area contributed by atoms with Gasteiger partial charge in [0.25, 0.3) is 0 Å². The number of hydrogen-bond donors (Lipinski definition) is 2. The SMILES string of the molecule is Cc1ccc(NC(=S)NCCSCc2ccc(Cl)cc2)cc1. The molecule has 2 aromatic carbocycles. The molecule has 2 aromatic rings. The van der Waals surface area contributed by atoms with Gasteiger partial charge in [0.2, 0.25) is 0 Å². The molecule has 0 atom stereocenters. The largest absolute Gasteiger partial charge is 0.362 e. The minimum atomic E-state index is 0.663. The smallest absolute Gasteiger partial charge is 0.170 e. The van der Waals surface area contributed by atoms with Crippen LogP contribution in [0.4, 0.5) is 5.69 Å². The molecule has 22 heavy (non-hydrogen) atoms. The first-order valence-electron chi connectivity index (χ1n) is 7.07. The number of benzene rings is 2. The minimum absolute atomic E-state index is 0.663. The molecule has 0 heterocycles. The summed E-state index contributed by atoms with van der Waals surface area (Å²) in [5.74, 6) is 1.98. The highest BCUT2D eigenvalue weighted by Gasteiger charge is 1.98. The second-order valence-electron chi connectivity index (χ2n) is 4.93. The van der Waals surface area contributed by atoms with Crippen LogP contribution >= 0.6 is 35.6 Å². The highest BCUT2D eigenvalue weighted by atomic mass is 35.5. The van der Waals surface area contributed by atoms with E-state index < -0.39 is 0 Å². The van der Waals surface area contributed by atoms with Crippen molar-refractivity contribution in [3.05, 3.63) is 64.7 Å². The highest BCUT2D eigenvalue weighted by Crippen LogP contribution is 2.15. The molecule has 2 nitrogen and oxygen atoms in total. The van der Waals surface area contributed by atoms with Gasteiger partial charge in [-0.05, 0) is 49.0 Å². The van der Waals surface area contributed by atoms with Crippen molar-refractivity contribution in [3.8, 4) is 0 Å². The Balaban J connectivity index is 1.61. The number of hydrogen-bond acceptors (Lipinski definition) is 2. The van der Waals surface area contributed by atoms with Gasteiger partial charge in [0, 0.05) is 28.8 Å². The summed E-state index contributed by atoms with van der Waals surface area (Å²) in [5, 5.41) is 7.84. The Morgan fingerprint density at radius 1 is 1.09 bits per heavy atom. The predicted octanol–water partition coefficient (Wildman–Crippen LogP) is 4.87. The van der Waals surface area contributed by atoms with E-state index in [2.05, 4.69) is 41.8 Å². The van der Waals surface area contributed by atoms with E-state index in [0.29, 0.717) is 5.11 Å². The fourth-order valence-corrected chi connectivity index (χ4v) is 2.98. The lowest BCUT2D eigenvalue weighted by Gasteiger charge is -2.10. The second kappa shape index (κ2) is 9.03. The fraction of sp³-hybridized carbons (Fsp3) is 0.235. The Morgan fingerprint density at radius 3 is 2.45 bits per heavy atom.